The van der Waals surface area contributed by atoms with E-state index < -0.39 is 5.82 Å². The summed E-state index contributed by atoms with van der Waals surface area (Å²) in [5.41, 5.74) is 4.14. The summed E-state index contributed by atoms with van der Waals surface area (Å²) in [6, 6.07) is 12.3. The van der Waals surface area contributed by atoms with Gasteiger partial charge in [0.25, 0.3) is 5.91 Å². The van der Waals surface area contributed by atoms with E-state index >= 15 is 0 Å². The predicted octanol–water partition coefficient (Wildman–Crippen LogP) is 4.65. The topological polar surface area (TPSA) is 91.5 Å². The van der Waals surface area contributed by atoms with Crippen LogP contribution in [0.3, 0.4) is 0 Å². The zero-order valence-electron chi connectivity index (χ0n) is 19.8. The summed E-state index contributed by atoms with van der Waals surface area (Å²) in [4.78, 5) is 21.7. The molecule has 180 valence electrons. The van der Waals surface area contributed by atoms with Gasteiger partial charge in [-0.3, -0.25) is 9.20 Å². The van der Waals surface area contributed by atoms with Crippen LogP contribution in [-0.2, 0) is 6.61 Å². The molecule has 3 N–H and O–H groups in total. The lowest BCUT2D eigenvalue weighted by Gasteiger charge is -2.14. The van der Waals surface area contributed by atoms with Gasteiger partial charge < -0.3 is 15.7 Å². The number of amides is 1. The van der Waals surface area contributed by atoms with E-state index in [4.69, 9.17) is 4.98 Å². The molecule has 2 aromatic heterocycles. The molecule has 1 fully saturated rings. The van der Waals surface area contributed by atoms with Crippen LogP contribution in [0.4, 0.5) is 10.2 Å². The minimum Gasteiger partial charge on any atom is -0.392 e. The molecule has 4 aromatic rings. The Labute approximate surface area is 203 Å². The average Bonchev–Trinajstić information content (AvgIpc) is 3.56. The number of carbonyl (C=O) groups excluding carboxylic acids is 1. The lowest BCUT2D eigenvalue weighted by atomic mass is 10.1. The molecule has 8 heteroatoms. The first-order valence-corrected chi connectivity index (χ1v) is 11.9. The maximum Gasteiger partial charge on any atom is 0.254 e. The summed E-state index contributed by atoms with van der Waals surface area (Å²) in [5.74, 6) is 0.0369. The fourth-order valence-electron chi connectivity index (χ4n) is 4.01. The number of nitrogens with one attached hydrogen (secondary N) is 2. The second-order valence-electron chi connectivity index (χ2n) is 9.34. The third kappa shape index (κ3) is 4.74. The number of fused-ring (bicyclic) bond motifs is 1. The SMILES string of the molecule is CC(C)CNc1nc(-c2ccccc2CO)cn2c(-c3ccc(C(=O)NC4CC4)c(F)c3)cnc12. The van der Waals surface area contributed by atoms with E-state index in [2.05, 4.69) is 29.5 Å². The van der Waals surface area contributed by atoms with Crippen molar-refractivity contribution in [1.29, 1.82) is 0 Å². The van der Waals surface area contributed by atoms with Crippen molar-refractivity contribution in [2.24, 2.45) is 5.92 Å². The zero-order chi connectivity index (χ0) is 24.5. The molecule has 1 aliphatic carbocycles. The zero-order valence-corrected chi connectivity index (χ0v) is 19.8. The van der Waals surface area contributed by atoms with Crippen molar-refractivity contribution in [2.45, 2.75) is 39.3 Å². The Balaban J connectivity index is 1.60. The highest BCUT2D eigenvalue weighted by Gasteiger charge is 2.25. The molecule has 0 radical (unpaired) electrons. The molecule has 5 rings (SSSR count). The molecule has 0 atom stereocenters. The van der Waals surface area contributed by atoms with Crippen LogP contribution in [0.15, 0.2) is 54.9 Å². The number of hydrogen-bond donors (Lipinski definition) is 3. The van der Waals surface area contributed by atoms with Crippen LogP contribution in [0.2, 0.25) is 0 Å². The Hall–Kier alpha value is -3.78. The number of benzene rings is 2. The summed E-state index contributed by atoms with van der Waals surface area (Å²) in [6.45, 7) is 4.80. The molecule has 1 amide bonds. The van der Waals surface area contributed by atoms with Crippen LogP contribution in [0.1, 0.15) is 42.6 Å². The number of nitrogens with zero attached hydrogens (tertiary/aromatic N) is 3. The van der Waals surface area contributed by atoms with Crippen LogP contribution in [0.25, 0.3) is 28.2 Å². The summed E-state index contributed by atoms with van der Waals surface area (Å²) >= 11 is 0. The third-order valence-electron chi connectivity index (χ3n) is 6.06. The minimum absolute atomic E-state index is 0.0352. The van der Waals surface area contributed by atoms with Gasteiger partial charge in [-0.05, 0) is 36.5 Å². The van der Waals surface area contributed by atoms with E-state index in [0.717, 1.165) is 24.0 Å². The van der Waals surface area contributed by atoms with Gasteiger partial charge >= 0.3 is 0 Å². The number of imidazole rings is 1. The van der Waals surface area contributed by atoms with E-state index in [-0.39, 0.29) is 24.1 Å². The highest BCUT2D eigenvalue weighted by atomic mass is 19.1. The first kappa shape index (κ1) is 23.0. The highest BCUT2D eigenvalue weighted by Crippen LogP contribution is 2.30. The van der Waals surface area contributed by atoms with E-state index in [9.17, 15) is 14.3 Å². The van der Waals surface area contributed by atoms with Crippen LogP contribution < -0.4 is 10.6 Å². The molecular weight excluding hydrogens is 445 g/mol. The number of aliphatic hydroxyl groups excluding tert-OH is 1. The van der Waals surface area contributed by atoms with Crippen molar-refractivity contribution < 1.29 is 14.3 Å². The maximum absolute atomic E-state index is 15.0. The molecule has 35 heavy (non-hydrogen) atoms. The van der Waals surface area contributed by atoms with Crippen molar-refractivity contribution in [3.8, 4) is 22.5 Å². The molecule has 2 heterocycles. The van der Waals surface area contributed by atoms with Gasteiger partial charge in [-0.2, -0.15) is 0 Å². The number of aromatic nitrogens is 3. The van der Waals surface area contributed by atoms with E-state index in [1.165, 1.54) is 12.1 Å². The first-order chi connectivity index (χ1) is 16.9. The summed E-state index contributed by atoms with van der Waals surface area (Å²) in [6.07, 6.45) is 5.41. The second kappa shape index (κ2) is 9.46. The van der Waals surface area contributed by atoms with Crippen molar-refractivity contribution >= 4 is 17.4 Å². The largest absolute Gasteiger partial charge is 0.392 e. The average molecular weight is 474 g/mol. The quantitative estimate of drug-likeness (QED) is 0.346. The lowest BCUT2D eigenvalue weighted by Crippen LogP contribution is -2.26. The number of anilines is 1. The van der Waals surface area contributed by atoms with E-state index in [1.54, 1.807) is 12.3 Å². The van der Waals surface area contributed by atoms with Crippen LogP contribution in [0.5, 0.6) is 0 Å². The van der Waals surface area contributed by atoms with E-state index in [0.29, 0.717) is 40.9 Å². The van der Waals surface area contributed by atoms with Gasteiger partial charge in [-0.15, -0.1) is 0 Å². The molecule has 0 bridgehead atoms. The number of carbonyl (C=O) groups is 1. The number of rotatable bonds is 8. The van der Waals surface area contributed by atoms with Gasteiger partial charge in [-0.1, -0.05) is 44.2 Å². The van der Waals surface area contributed by atoms with Gasteiger partial charge in [0.1, 0.15) is 5.82 Å². The Bertz CT molecular complexity index is 1390. The molecular formula is C27H28FN5O2. The summed E-state index contributed by atoms with van der Waals surface area (Å²) < 4.78 is 16.8. The van der Waals surface area contributed by atoms with Crippen molar-refractivity contribution in [3.63, 3.8) is 0 Å². The summed E-state index contributed by atoms with van der Waals surface area (Å²) in [7, 11) is 0. The van der Waals surface area contributed by atoms with Gasteiger partial charge in [0.15, 0.2) is 11.5 Å². The Morgan fingerprint density at radius 1 is 1.23 bits per heavy atom. The highest BCUT2D eigenvalue weighted by molar-refractivity contribution is 5.95. The second-order valence-corrected chi connectivity index (χ2v) is 9.34. The van der Waals surface area contributed by atoms with Gasteiger partial charge in [0.05, 0.1) is 29.8 Å². The van der Waals surface area contributed by atoms with E-state index in [1.807, 2.05) is 34.9 Å². The lowest BCUT2D eigenvalue weighted by molar-refractivity contribution is 0.0947. The standard InChI is InChI=1S/C27H28FN5O2/c1-16(2)12-29-25-26-30-13-24(17-7-10-21(22(28)11-17)27(35)31-19-8-9-19)33(26)14-23(32-25)20-6-4-3-5-18(20)15-34/h3-7,10-11,13-14,16,19,34H,8-9,12,15H2,1-2H3,(H,29,32)(H,31,35). The molecule has 0 saturated heterocycles. The normalized spacial score (nSPS) is 13.4. The number of aliphatic hydroxyl groups is 1. The Morgan fingerprint density at radius 3 is 2.74 bits per heavy atom. The van der Waals surface area contributed by atoms with Gasteiger partial charge in [0, 0.05) is 29.9 Å². The molecule has 7 nitrogen and oxygen atoms in total. The maximum atomic E-state index is 15.0. The number of hydrogen-bond acceptors (Lipinski definition) is 5. The Kier molecular flexibility index (Phi) is 6.21. The van der Waals surface area contributed by atoms with Crippen LogP contribution in [0, 0.1) is 11.7 Å². The van der Waals surface area contributed by atoms with Gasteiger partial charge in [-0.25, -0.2) is 14.4 Å². The molecule has 1 aliphatic rings. The van der Waals surface area contributed by atoms with Crippen molar-refractivity contribution in [1.82, 2.24) is 19.7 Å². The monoisotopic (exact) mass is 473 g/mol. The minimum atomic E-state index is -0.575. The molecule has 1 saturated carbocycles. The molecule has 2 aromatic carbocycles. The first-order valence-electron chi connectivity index (χ1n) is 11.9. The fraction of sp³-hybridized carbons (Fsp3) is 0.296. The predicted molar refractivity (Wildman–Crippen MR) is 134 cm³/mol. The van der Waals surface area contributed by atoms with Crippen molar-refractivity contribution in [2.75, 3.05) is 11.9 Å². The summed E-state index contributed by atoms with van der Waals surface area (Å²) in [5, 5.41) is 16.1. The van der Waals surface area contributed by atoms with Crippen LogP contribution >= 0.6 is 0 Å². The molecule has 0 unspecified atom stereocenters. The third-order valence-corrected chi connectivity index (χ3v) is 6.06. The molecule has 0 aliphatic heterocycles. The smallest absolute Gasteiger partial charge is 0.254 e. The molecule has 0 spiro atoms. The van der Waals surface area contributed by atoms with Crippen molar-refractivity contribution in [3.05, 3.63) is 71.8 Å². The van der Waals surface area contributed by atoms with Gasteiger partial charge in [0.2, 0.25) is 0 Å². The van der Waals surface area contributed by atoms with Crippen LogP contribution in [-0.4, -0.2) is 38.0 Å². The number of halogens is 1. The Morgan fingerprint density at radius 2 is 2.03 bits per heavy atom. The fourth-order valence-corrected chi connectivity index (χ4v) is 4.01.